The minimum absolute atomic E-state index is 0.0966. The molecule has 0 heterocycles. The number of hydrogen-bond acceptors (Lipinski definition) is 3. The predicted molar refractivity (Wildman–Crippen MR) is 124 cm³/mol. The van der Waals surface area contributed by atoms with Gasteiger partial charge in [0.05, 0.1) is 0 Å². The van der Waals surface area contributed by atoms with Crippen LogP contribution in [0.5, 0.6) is 11.5 Å². The fourth-order valence-corrected chi connectivity index (χ4v) is 6.00. The Labute approximate surface area is 189 Å². The van der Waals surface area contributed by atoms with E-state index in [2.05, 4.69) is 17.4 Å². The first kappa shape index (κ1) is 22.0. The van der Waals surface area contributed by atoms with Crippen molar-refractivity contribution in [3.05, 3.63) is 58.6 Å². The molecule has 1 amide bonds. The van der Waals surface area contributed by atoms with Gasteiger partial charge in [0.15, 0.2) is 11.5 Å². The maximum absolute atomic E-state index is 12.4. The van der Waals surface area contributed by atoms with Crippen LogP contribution in [0.15, 0.2) is 42.5 Å². The van der Waals surface area contributed by atoms with Gasteiger partial charge >= 0.3 is 0 Å². The smallest absolute Gasteiger partial charge is 0.220 e. The van der Waals surface area contributed by atoms with Crippen LogP contribution in [0.1, 0.15) is 62.5 Å². The molecule has 0 saturated heterocycles. The van der Waals surface area contributed by atoms with Crippen molar-refractivity contribution in [2.24, 2.45) is 11.8 Å². The Balaban J connectivity index is 1.28. The number of halogens is 1. The fourth-order valence-electron chi connectivity index (χ4n) is 5.88. The standard InChI is InChI=1S/C26H32ClNO3/c27-22-7-5-21(6-8-22)26-12-1-2-19(16-26)14-20(17-26)4-10-25(31)28-13-11-18-3-9-23(29)24(30)15-18/h3,5-9,15,19-20,29-30H,1-2,4,10-14,16-17H2,(H,28,31). The highest BCUT2D eigenvalue weighted by Crippen LogP contribution is 2.53. The Morgan fingerprint density at radius 3 is 2.68 bits per heavy atom. The van der Waals surface area contributed by atoms with Crippen LogP contribution in [0.4, 0.5) is 0 Å². The molecule has 0 aromatic heterocycles. The third-order valence-electron chi connectivity index (χ3n) is 7.31. The van der Waals surface area contributed by atoms with Crippen molar-refractivity contribution in [1.82, 2.24) is 5.32 Å². The quantitative estimate of drug-likeness (QED) is 0.480. The number of amides is 1. The summed E-state index contributed by atoms with van der Waals surface area (Å²) in [6, 6.07) is 13.2. The van der Waals surface area contributed by atoms with Crippen LogP contribution in [0.25, 0.3) is 0 Å². The molecular formula is C26H32ClNO3. The van der Waals surface area contributed by atoms with Gasteiger partial charge in [-0.15, -0.1) is 0 Å². The molecule has 3 N–H and O–H groups in total. The van der Waals surface area contributed by atoms with E-state index in [1.165, 1.54) is 50.2 Å². The summed E-state index contributed by atoms with van der Waals surface area (Å²) in [6.45, 7) is 0.533. The lowest BCUT2D eigenvalue weighted by Crippen LogP contribution is -2.40. The number of aromatic hydroxyl groups is 2. The summed E-state index contributed by atoms with van der Waals surface area (Å²) in [5, 5.41) is 22.8. The first-order chi connectivity index (χ1) is 14.9. The molecule has 2 aliphatic rings. The molecule has 4 nitrogen and oxygen atoms in total. The van der Waals surface area contributed by atoms with Gasteiger partial charge in [-0.3, -0.25) is 4.79 Å². The van der Waals surface area contributed by atoms with E-state index in [0.717, 1.165) is 22.9 Å². The average Bonchev–Trinajstić information content (AvgIpc) is 2.75. The Morgan fingerprint density at radius 1 is 1.10 bits per heavy atom. The molecule has 0 aliphatic heterocycles. The van der Waals surface area contributed by atoms with Crippen LogP contribution in [0, 0.1) is 11.8 Å². The topological polar surface area (TPSA) is 69.6 Å². The fraction of sp³-hybridized carbons (Fsp3) is 0.500. The lowest BCUT2D eigenvalue weighted by Gasteiger charge is -2.49. The molecule has 2 saturated carbocycles. The molecule has 3 atom stereocenters. The minimum Gasteiger partial charge on any atom is -0.504 e. The Hall–Kier alpha value is -2.20. The highest BCUT2D eigenvalue weighted by molar-refractivity contribution is 6.30. The number of carbonyl (C=O) groups is 1. The molecule has 2 bridgehead atoms. The molecular weight excluding hydrogens is 410 g/mol. The van der Waals surface area contributed by atoms with Crippen molar-refractivity contribution in [1.29, 1.82) is 0 Å². The van der Waals surface area contributed by atoms with E-state index in [1.54, 1.807) is 12.1 Å². The van der Waals surface area contributed by atoms with Crippen molar-refractivity contribution < 1.29 is 15.0 Å². The van der Waals surface area contributed by atoms with Crippen LogP contribution < -0.4 is 5.32 Å². The maximum Gasteiger partial charge on any atom is 0.220 e. The molecule has 0 spiro atoms. The normalized spacial score (nSPS) is 25.2. The number of phenolic OH excluding ortho intramolecular Hbond substituents is 2. The van der Waals surface area contributed by atoms with Gasteiger partial charge in [0.25, 0.3) is 0 Å². The molecule has 0 radical (unpaired) electrons. The van der Waals surface area contributed by atoms with Crippen LogP contribution in [-0.4, -0.2) is 22.7 Å². The highest BCUT2D eigenvalue weighted by Gasteiger charge is 2.43. The SMILES string of the molecule is O=C(CCC1CC2CCCC(c3ccc(Cl)cc3)(C2)C1)NCCc1ccc(O)c(O)c1. The average molecular weight is 442 g/mol. The molecule has 2 aromatic rings. The summed E-state index contributed by atoms with van der Waals surface area (Å²) >= 11 is 6.12. The van der Waals surface area contributed by atoms with Crippen LogP contribution in [0.3, 0.4) is 0 Å². The number of carbonyl (C=O) groups excluding carboxylic acids is 1. The number of rotatable bonds is 7. The molecule has 5 heteroatoms. The minimum atomic E-state index is -0.124. The van der Waals surface area contributed by atoms with Gasteiger partial charge in [-0.2, -0.15) is 0 Å². The van der Waals surface area contributed by atoms with E-state index in [9.17, 15) is 15.0 Å². The number of hydrogen-bond donors (Lipinski definition) is 3. The maximum atomic E-state index is 12.4. The van der Waals surface area contributed by atoms with E-state index in [-0.39, 0.29) is 22.8 Å². The number of nitrogens with one attached hydrogen (secondary N) is 1. The van der Waals surface area contributed by atoms with E-state index >= 15 is 0 Å². The molecule has 4 rings (SSSR count). The van der Waals surface area contributed by atoms with E-state index < -0.39 is 0 Å². The third kappa shape index (κ3) is 5.35. The van der Waals surface area contributed by atoms with Gasteiger partial charge in [0.1, 0.15) is 0 Å². The van der Waals surface area contributed by atoms with Crippen LogP contribution in [0.2, 0.25) is 5.02 Å². The molecule has 2 aromatic carbocycles. The van der Waals surface area contributed by atoms with Crippen molar-refractivity contribution in [2.75, 3.05) is 6.54 Å². The van der Waals surface area contributed by atoms with E-state index in [1.807, 2.05) is 12.1 Å². The first-order valence-electron chi connectivity index (χ1n) is 11.5. The second-order valence-corrected chi connectivity index (χ2v) is 9.95. The molecule has 2 aliphatic carbocycles. The second-order valence-electron chi connectivity index (χ2n) is 9.52. The number of fused-ring (bicyclic) bond motifs is 2. The zero-order valence-corrected chi connectivity index (χ0v) is 18.7. The van der Waals surface area contributed by atoms with E-state index in [0.29, 0.717) is 25.3 Å². The largest absolute Gasteiger partial charge is 0.504 e. The van der Waals surface area contributed by atoms with Crippen molar-refractivity contribution in [3.63, 3.8) is 0 Å². The Bertz CT molecular complexity index is 913. The summed E-state index contributed by atoms with van der Waals surface area (Å²) in [5.41, 5.74) is 2.57. The van der Waals surface area contributed by atoms with Crippen LogP contribution in [-0.2, 0) is 16.6 Å². The summed E-state index contributed by atoms with van der Waals surface area (Å²) in [7, 11) is 0. The monoisotopic (exact) mass is 441 g/mol. The number of phenols is 2. The summed E-state index contributed by atoms with van der Waals surface area (Å²) in [5.74, 6) is 1.21. The summed E-state index contributed by atoms with van der Waals surface area (Å²) in [4.78, 5) is 12.4. The summed E-state index contributed by atoms with van der Waals surface area (Å²) in [6.07, 6.45) is 9.69. The Kier molecular flexibility index (Phi) is 6.76. The van der Waals surface area contributed by atoms with Gasteiger partial charge in [-0.1, -0.05) is 42.6 Å². The van der Waals surface area contributed by atoms with Crippen molar-refractivity contribution >= 4 is 17.5 Å². The predicted octanol–water partition coefficient (Wildman–Crippen LogP) is 5.73. The highest BCUT2D eigenvalue weighted by atomic mass is 35.5. The lowest BCUT2D eigenvalue weighted by molar-refractivity contribution is -0.121. The molecule has 31 heavy (non-hydrogen) atoms. The Morgan fingerprint density at radius 2 is 1.90 bits per heavy atom. The lowest BCUT2D eigenvalue weighted by atomic mass is 9.56. The first-order valence-corrected chi connectivity index (χ1v) is 11.8. The zero-order valence-electron chi connectivity index (χ0n) is 17.9. The molecule has 3 unspecified atom stereocenters. The molecule has 166 valence electrons. The van der Waals surface area contributed by atoms with Gasteiger partial charge in [-0.05, 0) is 91.2 Å². The molecule has 2 fully saturated rings. The van der Waals surface area contributed by atoms with Gasteiger partial charge < -0.3 is 15.5 Å². The summed E-state index contributed by atoms with van der Waals surface area (Å²) < 4.78 is 0. The van der Waals surface area contributed by atoms with Gasteiger partial charge in [-0.25, -0.2) is 0 Å². The third-order valence-corrected chi connectivity index (χ3v) is 7.56. The van der Waals surface area contributed by atoms with Gasteiger partial charge in [0, 0.05) is 18.0 Å². The van der Waals surface area contributed by atoms with Crippen molar-refractivity contribution in [2.45, 2.75) is 63.2 Å². The van der Waals surface area contributed by atoms with E-state index in [4.69, 9.17) is 11.6 Å². The van der Waals surface area contributed by atoms with Crippen molar-refractivity contribution in [3.8, 4) is 11.5 Å². The van der Waals surface area contributed by atoms with Gasteiger partial charge in [0.2, 0.25) is 5.91 Å². The number of benzene rings is 2. The van der Waals surface area contributed by atoms with Crippen LogP contribution >= 0.6 is 11.6 Å². The second kappa shape index (κ2) is 9.52. The zero-order chi connectivity index (χ0) is 21.8.